The number of hydrogen-bond acceptors (Lipinski definition) is 3. The van der Waals surface area contributed by atoms with Crippen LogP contribution in [0.4, 0.5) is 0 Å². The van der Waals surface area contributed by atoms with E-state index in [1.54, 1.807) is 17.9 Å². The maximum Gasteiger partial charge on any atom is 0.328 e. The minimum atomic E-state index is -0.980. The molecule has 0 aliphatic carbocycles. The zero-order valence-electron chi connectivity index (χ0n) is 7.27. The zero-order chi connectivity index (χ0) is 9.84. The summed E-state index contributed by atoms with van der Waals surface area (Å²) < 4.78 is 1.63. The van der Waals surface area contributed by atoms with Crippen molar-refractivity contribution in [1.82, 2.24) is 9.78 Å². The van der Waals surface area contributed by atoms with E-state index in [0.717, 1.165) is 17.3 Å². The van der Waals surface area contributed by atoms with Crippen LogP contribution in [0.15, 0.2) is 12.3 Å². The number of rotatable bonds is 3. The van der Waals surface area contributed by atoms with Gasteiger partial charge in [0.1, 0.15) is 0 Å². The van der Waals surface area contributed by atoms with Crippen molar-refractivity contribution in [2.45, 2.75) is 6.54 Å². The molecule has 0 aliphatic heterocycles. The van der Waals surface area contributed by atoms with Gasteiger partial charge in [-0.1, -0.05) is 0 Å². The fourth-order valence-corrected chi connectivity index (χ4v) is 1.03. The molecule has 0 saturated carbocycles. The maximum atomic E-state index is 10.2. The average Bonchev–Trinajstić information content (AvgIpc) is 2.42. The Balaban J connectivity index is 2.94. The zero-order valence-corrected chi connectivity index (χ0v) is 7.27. The van der Waals surface area contributed by atoms with Crippen LogP contribution in [0.5, 0.6) is 0 Å². The summed E-state index contributed by atoms with van der Waals surface area (Å²) in [6, 6.07) is 0. The summed E-state index contributed by atoms with van der Waals surface area (Å²) in [6.45, 7) is 0.343. The number of hydrogen-bond donors (Lipinski definition) is 2. The predicted octanol–water partition coefficient (Wildman–Crippen LogP) is -0.0234. The quantitative estimate of drug-likeness (QED) is 0.642. The van der Waals surface area contributed by atoms with Crippen molar-refractivity contribution in [2.24, 2.45) is 12.8 Å². The minimum absolute atomic E-state index is 0.343. The van der Waals surface area contributed by atoms with E-state index >= 15 is 0 Å². The van der Waals surface area contributed by atoms with Gasteiger partial charge in [0.15, 0.2) is 0 Å². The number of aliphatic carboxylic acids is 1. The molecule has 5 heteroatoms. The van der Waals surface area contributed by atoms with Gasteiger partial charge in [-0.3, -0.25) is 4.68 Å². The summed E-state index contributed by atoms with van der Waals surface area (Å²) >= 11 is 0. The molecule has 0 radical (unpaired) electrons. The van der Waals surface area contributed by atoms with Gasteiger partial charge in [-0.05, 0) is 6.08 Å². The van der Waals surface area contributed by atoms with Gasteiger partial charge in [-0.25, -0.2) is 4.79 Å². The number of nitrogens with zero attached hydrogens (tertiary/aromatic N) is 2. The van der Waals surface area contributed by atoms with Gasteiger partial charge >= 0.3 is 5.97 Å². The Hall–Kier alpha value is -1.62. The molecule has 0 spiro atoms. The Bertz CT molecular complexity index is 341. The second-order valence-electron chi connectivity index (χ2n) is 2.55. The lowest BCUT2D eigenvalue weighted by Gasteiger charge is -1.97. The van der Waals surface area contributed by atoms with Crippen molar-refractivity contribution in [3.63, 3.8) is 0 Å². The molecule has 0 saturated heterocycles. The molecule has 1 aromatic heterocycles. The summed E-state index contributed by atoms with van der Waals surface area (Å²) in [5.74, 6) is -0.980. The highest BCUT2D eigenvalue weighted by atomic mass is 16.4. The smallest absolute Gasteiger partial charge is 0.328 e. The van der Waals surface area contributed by atoms with Crippen LogP contribution in [-0.2, 0) is 18.4 Å². The second-order valence-corrected chi connectivity index (χ2v) is 2.55. The molecular weight excluding hydrogens is 170 g/mol. The number of carboxylic acids is 1. The summed E-state index contributed by atoms with van der Waals surface area (Å²) in [5, 5.41) is 12.4. The summed E-state index contributed by atoms with van der Waals surface area (Å²) in [6.07, 6.45) is 4.13. The molecule has 3 N–H and O–H groups in total. The summed E-state index contributed by atoms with van der Waals surface area (Å²) in [7, 11) is 1.76. The molecule has 0 aromatic carbocycles. The average molecular weight is 181 g/mol. The van der Waals surface area contributed by atoms with Crippen LogP contribution in [0, 0.1) is 0 Å². The van der Waals surface area contributed by atoms with Crippen molar-refractivity contribution in [1.29, 1.82) is 0 Å². The van der Waals surface area contributed by atoms with E-state index in [9.17, 15) is 4.79 Å². The lowest BCUT2D eigenvalue weighted by molar-refractivity contribution is -0.131. The standard InChI is InChI=1S/C8H11N3O2/c1-11-7(4-9)6(5-10-11)2-3-8(12)13/h2-3,5H,4,9H2,1H3,(H,12,13)/b3-2+. The van der Waals surface area contributed by atoms with Crippen molar-refractivity contribution < 1.29 is 9.90 Å². The molecule has 0 unspecified atom stereocenters. The number of aryl methyl sites for hydroxylation is 1. The van der Waals surface area contributed by atoms with E-state index in [-0.39, 0.29) is 0 Å². The van der Waals surface area contributed by atoms with Gasteiger partial charge in [0, 0.05) is 25.2 Å². The van der Waals surface area contributed by atoms with Crippen LogP contribution in [-0.4, -0.2) is 20.9 Å². The maximum absolute atomic E-state index is 10.2. The number of nitrogens with two attached hydrogens (primary N) is 1. The van der Waals surface area contributed by atoms with Crippen molar-refractivity contribution >= 4 is 12.0 Å². The lowest BCUT2D eigenvalue weighted by Crippen LogP contribution is -2.05. The number of carbonyl (C=O) groups is 1. The van der Waals surface area contributed by atoms with Crippen LogP contribution in [0.2, 0.25) is 0 Å². The van der Waals surface area contributed by atoms with Gasteiger partial charge in [0.25, 0.3) is 0 Å². The minimum Gasteiger partial charge on any atom is -0.478 e. The molecule has 0 aliphatic rings. The second kappa shape index (κ2) is 3.86. The van der Waals surface area contributed by atoms with Crippen LogP contribution in [0.3, 0.4) is 0 Å². The van der Waals surface area contributed by atoms with Gasteiger partial charge < -0.3 is 10.8 Å². The van der Waals surface area contributed by atoms with Crippen molar-refractivity contribution in [2.75, 3.05) is 0 Å². The topological polar surface area (TPSA) is 81.1 Å². The molecule has 1 aromatic rings. The molecule has 0 bridgehead atoms. The van der Waals surface area contributed by atoms with Gasteiger partial charge in [-0.15, -0.1) is 0 Å². The molecular formula is C8H11N3O2. The van der Waals surface area contributed by atoms with E-state index in [0.29, 0.717) is 6.54 Å². The molecule has 1 heterocycles. The Morgan fingerprint density at radius 3 is 3.08 bits per heavy atom. The van der Waals surface area contributed by atoms with Gasteiger partial charge in [0.2, 0.25) is 0 Å². The Morgan fingerprint density at radius 1 is 1.85 bits per heavy atom. The van der Waals surface area contributed by atoms with Crippen LogP contribution < -0.4 is 5.73 Å². The van der Waals surface area contributed by atoms with Crippen molar-refractivity contribution in [3.05, 3.63) is 23.5 Å². The van der Waals surface area contributed by atoms with Crippen molar-refractivity contribution in [3.8, 4) is 0 Å². The first-order chi connectivity index (χ1) is 6.15. The molecule has 70 valence electrons. The molecule has 5 nitrogen and oxygen atoms in total. The van der Waals surface area contributed by atoms with E-state index in [2.05, 4.69) is 5.10 Å². The van der Waals surface area contributed by atoms with E-state index in [4.69, 9.17) is 10.8 Å². The Morgan fingerprint density at radius 2 is 2.54 bits per heavy atom. The largest absolute Gasteiger partial charge is 0.478 e. The molecule has 1 rings (SSSR count). The van der Waals surface area contributed by atoms with Gasteiger partial charge in [0.05, 0.1) is 11.9 Å². The highest BCUT2D eigenvalue weighted by Gasteiger charge is 2.03. The third-order valence-electron chi connectivity index (χ3n) is 1.69. The van der Waals surface area contributed by atoms with E-state index < -0.39 is 5.97 Å². The normalized spacial score (nSPS) is 10.9. The first kappa shape index (κ1) is 9.47. The summed E-state index contributed by atoms with van der Waals surface area (Å²) in [5.41, 5.74) is 7.02. The molecule has 13 heavy (non-hydrogen) atoms. The predicted molar refractivity (Wildman–Crippen MR) is 47.8 cm³/mol. The first-order valence-electron chi connectivity index (χ1n) is 3.77. The van der Waals surface area contributed by atoms with Crippen LogP contribution >= 0.6 is 0 Å². The molecule has 0 amide bonds. The fourth-order valence-electron chi connectivity index (χ4n) is 1.03. The lowest BCUT2D eigenvalue weighted by atomic mass is 10.2. The monoisotopic (exact) mass is 181 g/mol. The fraction of sp³-hybridized carbons (Fsp3) is 0.250. The summed E-state index contributed by atoms with van der Waals surface area (Å²) in [4.78, 5) is 10.2. The Kier molecular flexibility index (Phi) is 2.81. The third-order valence-corrected chi connectivity index (χ3v) is 1.69. The highest BCUT2D eigenvalue weighted by molar-refractivity contribution is 5.85. The number of aromatic nitrogens is 2. The van der Waals surface area contributed by atoms with Crippen LogP contribution in [0.1, 0.15) is 11.3 Å². The first-order valence-corrected chi connectivity index (χ1v) is 3.77. The van der Waals surface area contributed by atoms with E-state index in [1.165, 1.54) is 6.08 Å². The molecule has 0 fully saturated rings. The SMILES string of the molecule is Cn1ncc(/C=C/C(=O)O)c1CN. The highest BCUT2D eigenvalue weighted by Crippen LogP contribution is 2.08. The van der Waals surface area contributed by atoms with E-state index in [1.807, 2.05) is 0 Å². The third kappa shape index (κ3) is 2.16. The Labute approximate surface area is 75.5 Å². The molecule has 0 atom stereocenters. The van der Waals surface area contributed by atoms with Crippen LogP contribution in [0.25, 0.3) is 6.08 Å². The number of carboxylic acid groups (broad SMARTS) is 1. The van der Waals surface area contributed by atoms with Gasteiger partial charge in [-0.2, -0.15) is 5.10 Å².